The molecule has 3 nitrogen and oxygen atoms in total. The number of nitrogens with one attached hydrogen (secondary N) is 1. The van der Waals surface area contributed by atoms with E-state index in [0.29, 0.717) is 12.1 Å². The fourth-order valence-electron chi connectivity index (χ4n) is 1.84. The molecule has 1 aromatic heterocycles. The fraction of sp³-hybridized carbons (Fsp3) is 0.333. The lowest BCUT2D eigenvalue weighted by molar-refractivity contribution is -0.0328. The number of carbonyl (C=O) groups excluding carboxylic acids is 1. The third-order valence-corrected chi connectivity index (χ3v) is 4.86. The highest BCUT2D eigenvalue weighted by atomic mass is 32.2. The van der Waals surface area contributed by atoms with Crippen LogP contribution in [0.15, 0.2) is 35.4 Å². The molecule has 1 atom stereocenters. The lowest BCUT2D eigenvalue weighted by atomic mass is 10.1. The molecule has 2 rings (SSSR count). The molecule has 1 aromatic carbocycles. The van der Waals surface area contributed by atoms with Gasteiger partial charge in [-0.15, -0.1) is 11.3 Å². The van der Waals surface area contributed by atoms with Crippen molar-refractivity contribution in [1.29, 1.82) is 0 Å². The Morgan fingerprint density at radius 3 is 2.52 bits per heavy atom. The van der Waals surface area contributed by atoms with E-state index in [1.165, 1.54) is 24.3 Å². The fourth-order valence-corrected chi connectivity index (χ4v) is 3.21. The molecular weight excluding hydrogens is 345 g/mol. The molecule has 23 heavy (non-hydrogen) atoms. The number of carbonyl (C=O) groups is 1. The number of alkyl halides is 3. The summed E-state index contributed by atoms with van der Waals surface area (Å²) in [7, 11) is 0. The van der Waals surface area contributed by atoms with Crippen molar-refractivity contribution >= 4 is 29.0 Å². The minimum Gasteiger partial charge on any atom is -0.351 e. The highest BCUT2D eigenvalue weighted by molar-refractivity contribution is 8.00. The van der Waals surface area contributed by atoms with Crippen LogP contribution < -0.4 is 5.32 Å². The molecule has 124 valence electrons. The van der Waals surface area contributed by atoms with Crippen LogP contribution in [0.25, 0.3) is 0 Å². The van der Waals surface area contributed by atoms with Crippen molar-refractivity contribution in [3.63, 3.8) is 0 Å². The number of hydrogen-bond donors (Lipinski definition) is 1. The summed E-state index contributed by atoms with van der Waals surface area (Å²) >= 11 is 1.38. The summed E-state index contributed by atoms with van der Waals surface area (Å²) in [4.78, 5) is 17.5. The number of benzene rings is 1. The van der Waals surface area contributed by atoms with Crippen molar-refractivity contribution in [3.8, 4) is 0 Å². The van der Waals surface area contributed by atoms with E-state index in [4.69, 9.17) is 0 Å². The molecule has 8 heteroatoms. The van der Waals surface area contributed by atoms with E-state index < -0.39 is 5.51 Å². The van der Waals surface area contributed by atoms with Gasteiger partial charge in [-0.2, -0.15) is 13.2 Å². The van der Waals surface area contributed by atoms with Gasteiger partial charge in [0.25, 0.3) is 5.91 Å². The second-order valence-corrected chi connectivity index (χ2v) is 7.40. The number of thiazole rings is 1. The number of halogens is 3. The third-order valence-electron chi connectivity index (χ3n) is 2.98. The molecule has 0 radical (unpaired) electrons. The van der Waals surface area contributed by atoms with E-state index >= 15 is 0 Å². The van der Waals surface area contributed by atoms with E-state index in [2.05, 4.69) is 10.3 Å². The standard InChI is InChI=1S/C15H15F3N2OS2/c1-9(14-20-8-10(2)22-14)7-19-13(21)11-3-5-12(6-4-11)23-15(16,17)18/h3-6,8-9H,7H2,1-2H3,(H,19,21)/t9-/m1/s1. The molecule has 0 bridgehead atoms. The molecule has 1 amide bonds. The Bertz CT molecular complexity index is 668. The third kappa shape index (κ3) is 5.54. The van der Waals surface area contributed by atoms with Gasteiger partial charge in [0, 0.05) is 34.0 Å². The number of nitrogens with zero attached hydrogens (tertiary/aromatic N) is 1. The van der Waals surface area contributed by atoms with Crippen LogP contribution >= 0.6 is 23.1 Å². The number of aromatic nitrogens is 1. The van der Waals surface area contributed by atoms with Crippen LogP contribution in [0.2, 0.25) is 0 Å². The topological polar surface area (TPSA) is 42.0 Å². The zero-order valence-corrected chi connectivity index (χ0v) is 14.1. The smallest absolute Gasteiger partial charge is 0.351 e. The number of aryl methyl sites for hydroxylation is 1. The van der Waals surface area contributed by atoms with E-state index in [1.54, 1.807) is 17.5 Å². The number of thioether (sulfide) groups is 1. The first-order valence-electron chi connectivity index (χ1n) is 6.81. The van der Waals surface area contributed by atoms with Gasteiger partial charge < -0.3 is 5.32 Å². The summed E-state index contributed by atoms with van der Waals surface area (Å²) in [6.07, 6.45) is 1.79. The molecule has 0 spiro atoms. The Morgan fingerprint density at radius 2 is 2.00 bits per heavy atom. The van der Waals surface area contributed by atoms with Crippen LogP contribution in [0.3, 0.4) is 0 Å². The second kappa shape index (κ2) is 7.35. The molecule has 0 saturated carbocycles. The molecule has 0 aliphatic rings. The van der Waals surface area contributed by atoms with Crippen molar-refractivity contribution in [1.82, 2.24) is 10.3 Å². The summed E-state index contributed by atoms with van der Waals surface area (Å²) in [5, 5.41) is 3.72. The largest absolute Gasteiger partial charge is 0.446 e. The van der Waals surface area contributed by atoms with Crippen LogP contribution in [0, 0.1) is 6.92 Å². The van der Waals surface area contributed by atoms with E-state index in [9.17, 15) is 18.0 Å². The maximum atomic E-state index is 12.3. The Balaban J connectivity index is 1.90. The highest BCUT2D eigenvalue weighted by Crippen LogP contribution is 2.36. The predicted molar refractivity (Wildman–Crippen MR) is 86.0 cm³/mol. The zero-order valence-electron chi connectivity index (χ0n) is 12.5. The van der Waals surface area contributed by atoms with E-state index in [0.717, 1.165) is 9.88 Å². The van der Waals surface area contributed by atoms with Gasteiger partial charge in [0.2, 0.25) is 0 Å². The van der Waals surface area contributed by atoms with Gasteiger partial charge in [-0.25, -0.2) is 4.98 Å². The Labute approximate surface area is 140 Å². The number of amides is 1. The average molecular weight is 360 g/mol. The SMILES string of the molecule is Cc1cnc([C@H](C)CNC(=O)c2ccc(SC(F)(F)F)cc2)s1. The maximum absolute atomic E-state index is 12.3. The summed E-state index contributed by atoms with van der Waals surface area (Å²) < 4.78 is 36.8. The average Bonchev–Trinajstić information content (AvgIpc) is 2.90. The zero-order chi connectivity index (χ0) is 17.0. The summed E-state index contributed by atoms with van der Waals surface area (Å²) in [5.74, 6) is -0.230. The Morgan fingerprint density at radius 1 is 1.35 bits per heavy atom. The van der Waals surface area contributed by atoms with Gasteiger partial charge in [0.1, 0.15) is 0 Å². The first kappa shape index (κ1) is 17.8. The van der Waals surface area contributed by atoms with Gasteiger partial charge in [0.05, 0.1) is 5.01 Å². The molecular formula is C15H15F3N2OS2. The maximum Gasteiger partial charge on any atom is 0.446 e. The monoisotopic (exact) mass is 360 g/mol. The van der Waals surface area contributed by atoms with Crippen molar-refractivity contribution < 1.29 is 18.0 Å². The van der Waals surface area contributed by atoms with Crippen molar-refractivity contribution in [2.75, 3.05) is 6.54 Å². The van der Waals surface area contributed by atoms with E-state index in [-0.39, 0.29) is 28.5 Å². The van der Waals surface area contributed by atoms with Crippen LogP contribution in [0.4, 0.5) is 13.2 Å². The molecule has 1 N–H and O–H groups in total. The Kier molecular flexibility index (Phi) is 5.69. The van der Waals surface area contributed by atoms with Crippen LogP contribution in [0.1, 0.15) is 33.1 Å². The minimum atomic E-state index is -4.33. The molecule has 0 saturated heterocycles. The molecule has 0 fully saturated rings. The first-order chi connectivity index (χ1) is 10.7. The van der Waals surface area contributed by atoms with Crippen molar-refractivity contribution in [3.05, 3.63) is 45.9 Å². The van der Waals surface area contributed by atoms with Gasteiger partial charge in [0.15, 0.2) is 0 Å². The lowest BCUT2D eigenvalue weighted by Crippen LogP contribution is -2.27. The number of rotatable bonds is 5. The van der Waals surface area contributed by atoms with Crippen molar-refractivity contribution in [2.24, 2.45) is 0 Å². The molecule has 0 unspecified atom stereocenters. The molecule has 0 aliphatic heterocycles. The predicted octanol–water partition coefficient (Wildman–Crippen LogP) is 4.60. The van der Waals surface area contributed by atoms with Gasteiger partial charge in [-0.1, -0.05) is 6.92 Å². The van der Waals surface area contributed by atoms with Gasteiger partial charge in [-0.05, 0) is 43.0 Å². The lowest BCUT2D eigenvalue weighted by Gasteiger charge is -2.11. The van der Waals surface area contributed by atoms with Crippen LogP contribution in [0.5, 0.6) is 0 Å². The summed E-state index contributed by atoms with van der Waals surface area (Å²) in [5.41, 5.74) is -4.00. The highest BCUT2D eigenvalue weighted by Gasteiger charge is 2.29. The normalized spacial score (nSPS) is 12.9. The van der Waals surface area contributed by atoms with Gasteiger partial charge in [-0.3, -0.25) is 4.79 Å². The quantitative estimate of drug-likeness (QED) is 0.793. The Hall–Kier alpha value is -1.54. The minimum absolute atomic E-state index is 0.0562. The van der Waals surface area contributed by atoms with Crippen LogP contribution in [-0.2, 0) is 0 Å². The van der Waals surface area contributed by atoms with Gasteiger partial charge >= 0.3 is 5.51 Å². The number of hydrogen-bond acceptors (Lipinski definition) is 4. The van der Waals surface area contributed by atoms with Crippen LogP contribution in [-0.4, -0.2) is 22.9 Å². The second-order valence-electron chi connectivity index (χ2n) is 4.99. The van der Waals surface area contributed by atoms with E-state index in [1.807, 2.05) is 13.8 Å². The summed E-state index contributed by atoms with van der Waals surface area (Å²) in [6, 6.07) is 5.37. The molecule has 2 aromatic rings. The molecule has 1 heterocycles. The first-order valence-corrected chi connectivity index (χ1v) is 8.44. The molecule has 0 aliphatic carbocycles. The summed E-state index contributed by atoms with van der Waals surface area (Å²) in [6.45, 7) is 4.35. The van der Waals surface area contributed by atoms with Crippen molar-refractivity contribution in [2.45, 2.75) is 30.2 Å².